The highest BCUT2D eigenvalue weighted by Gasteiger charge is 2.31. The third kappa shape index (κ3) is 3.15. The van der Waals surface area contributed by atoms with Crippen molar-refractivity contribution in [2.45, 2.75) is 13.0 Å². The third-order valence-corrected chi connectivity index (χ3v) is 3.27. The molecular weight excluding hydrogens is 303 g/mol. The maximum Gasteiger partial charge on any atom is 0.308 e. The number of fused-ring (bicyclic) bond motifs is 1. The van der Waals surface area contributed by atoms with Gasteiger partial charge in [0.2, 0.25) is 5.78 Å². The van der Waals surface area contributed by atoms with E-state index < -0.39 is 17.9 Å². The van der Waals surface area contributed by atoms with E-state index in [1.807, 2.05) is 0 Å². The number of carbonyl (C=O) groups is 2. The topological polar surface area (TPSA) is 61.8 Å². The maximum atomic E-state index is 13.6. The van der Waals surface area contributed by atoms with Crippen LogP contribution in [-0.4, -0.2) is 24.5 Å². The van der Waals surface area contributed by atoms with Crippen LogP contribution in [-0.2, 0) is 4.79 Å². The molecule has 0 saturated heterocycles. The smallest absolute Gasteiger partial charge is 0.308 e. The van der Waals surface area contributed by atoms with Crippen LogP contribution < -0.4 is 14.2 Å². The molecule has 1 aliphatic heterocycles. The number of ketones is 1. The average molecular weight is 316 g/mol. The molecule has 1 heterocycles. The number of para-hydroxylation sites is 1. The monoisotopic (exact) mass is 316 g/mol. The Morgan fingerprint density at radius 3 is 2.78 bits per heavy atom. The zero-order valence-electron chi connectivity index (χ0n) is 12.2. The minimum absolute atomic E-state index is 0.00515. The third-order valence-electron chi connectivity index (χ3n) is 3.27. The van der Waals surface area contributed by atoms with Gasteiger partial charge in [0.1, 0.15) is 18.1 Å². The van der Waals surface area contributed by atoms with Gasteiger partial charge in [-0.1, -0.05) is 12.1 Å². The van der Waals surface area contributed by atoms with E-state index in [2.05, 4.69) is 0 Å². The van der Waals surface area contributed by atoms with Gasteiger partial charge in [-0.15, -0.1) is 0 Å². The molecule has 118 valence electrons. The van der Waals surface area contributed by atoms with Gasteiger partial charge in [-0.3, -0.25) is 9.59 Å². The van der Waals surface area contributed by atoms with E-state index in [-0.39, 0.29) is 23.9 Å². The van der Waals surface area contributed by atoms with Gasteiger partial charge in [0.05, 0.1) is 5.56 Å². The maximum absolute atomic E-state index is 13.6. The molecule has 2 aromatic rings. The number of rotatable bonds is 3. The Balaban J connectivity index is 1.81. The number of halogens is 1. The van der Waals surface area contributed by atoms with Crippen LogP contribution in [0.1, 0.15) is 17.3 Å². The molecule has 0 fully saturated rings. The molecule has 0 radical (unpaired) electrons. The molecule has 6 heteroatoms. The minimum atomic E-state index is -0.932. The van der Waals surface area contributed by atoms with Crippen LogP contribution >= 0.6 is 0 Å². The van der Waals surface area contributed by atoms with Crippen molar-refractivity contribution in [3.8, 4) is 17.2 Å². The van der Waals surface area contributed by atoms with Crippen LogP contribution in [0.3, 0.4) is 0 Å². The Hall–Kier alpha value is -2.89. The fourth-order valence-electron chi connectivity index (χ4n) is 2.25. The van der Waals surface area contributed by atoms with Crippen LogP contribution in [0, 0.1) is 5.82 Å². The van der Waals surface area contributed by atoms with Gasteiger partial charge in [-0.05, 0) is 24.3 Å². The van der Waals surface area contributed by atoms with E-state index in [1.165, 1.54) is 43.3 Å². The Bertz CT molecular complexity index is 771. The minimum Gasteiger partial charge on any atom is -0.488 e. The lowest BCUT2D eigenvalue weighted by Crippen LogP contribution is -2.37. The highest BCUT2D eigenvalue weighted by molar-refractivity contribution is 6.03. The van der Waals surface area contributed by atoms with Crippen molar-refractivity contribution in [3.05, 3.63) is 53.8 Å². The first-order valence-corrected chi connectivity index (χ1v) is 6.95. The first-order valence-electron chi connectivity index (χ1n) is 6.95. The highest BCUT2D eigenvalue weighted by atomic mass is 19.1. The molecule has 1 atom stereocenters. The SMILES string of the molecule is CC(=O)Oc1ccc2c(c1)OCC(Oc1ccccc1F)C2=O. The molecule has 1 unspecified atom stereocenters. The van der Waals surface area contributed by atoms with Crippen LogP contribution in [0.2, 0.25) is 0 Å². The zero-order valence-corrected chi connectivity index (χ0v) is 12.2. The summed E-state index contributed by atoms with van der Waals surface area (Å²) < 4.78 is 29.5. The Kier molecular flexibility index (Phi) is 3.97. The van der Waals surface area contributed by atoms with Crippen LogP contribution in [0.4, 0.5) is 4.39 Å². The average Bonchev–Trinajstić information content (AvgIpc) is 2.51. The van der Waals surface area contributed by atoms with Crippen molar-refractivity contribution in [3.63, 3.8) is 0 Å². The molecule has 0 amide bonds. The molecule has 0 N–H and O–H groups in total. The molecule has 1 aliphatic rings. The number of ether oxygens (including phenoxy) is 3. The summed E-state index contributed by atoms with van der Waals surface area (Å²) in [5.41, 5.74) is 0.300. The number of Topliss-reactive ketones (excluding diaryl/α,β-unsaturated/α-hetero) is 1. The van der Waals surface area contributed by atoms with E-state index in [0.717, 1.165) is 0 Å². The van der Waals surface area contributed by atoms with Crippen molar-refractivity contribution in [1.82, 2.24) is 0 Å². The van der Waals surface area contributed by atoms with E-state index in [4.69, 9.17) is 14.2 Å². The Morgan fingerprint density at radius 1 is 1.26 bits per heavy atom. The number of hydrogen-bond donors (Lipinski definition) is 0. The van der Waals surface area contributed by atoms with Crippen molar-refractivity contribution in [2.75, 3.05) is 6.61 Å². The number of esters is 1. The van der Waals surface area contributed by atoms with E-state index in [0.29, 0.717) is 11.3 Å². The molecule has 0 aromatic heterocycles. The Morgan fingerprint density at radius 2 is 2.04 bits per heavy atom. The predicted octanol–water partition coefficient (Wildman–Crippen LogP) is 2.77. The first-order chi connectivity index (χ1) is 11.0. The molecule has 0 bridgehead atoms. The molecule has 23 heavy (non-hydrogen) atoms. The van der Waals surface area contributed by atoms with Gasteiger partial charge < -0.3 is 14.2 Å². The molecule has 5 nitrogen and oxygen atoms in total. The fourth-order valence-corrected chi connectivity index (χ4v) is 2.25. The molecular formula is C17H13FO5. The fraction of sp³-hybridized carbons (Fsp3) is 0.176. The summed E-state index contributed by atoms with van der Waals surface area (Å²) in [5, 5.41) is 0. The van der Waals surface area contributed by atoms with Gasteiger partial charge in [0, 0.05) is 13.0 Å². The number of carbonyl (C=O) groups excluding carboxylic acids is 2. The van der Waals surface area contributed by atoms with Gasteiger partial charge >= 0.3 is 5.97 Å². The normalized spacial score (nSPS) is 16.3. The van der Waals surface area contributed by atoms with Crippen LogP contribution in [0.15, 0.2) is 42.5 Å². The van der Waals surface area contributed by atoms with E-state index in [9.17, 15) is 14.0 Å². The van der Waals surface area contributed by atoms with E-state index >= 15 is 0 Å². The molecule has 0 aliphatic carbocycles. The van der Waals surface area contributed by atoms with Crippen LogP contribution in [0.5, 0.6) is 17.2 Å². The largest absolute Gasteiger partial charge is 0.488 e. The lowest BCUT2D eigenvalue weighted by molar-refractivity contribution is -0.131. The lowest BCUT2D eigenvalue weighted by Gasteiger charge is -2.25. The molecule has 0 spiro atoms. The van der Waals surface area contributed by atoms with Gasteiger partial charge in [0.25, 0.3) is 0 Å². The molecule has 2 aromatic carbocycles. The second kappa shape index (κ2) is 6.08. The van der Waals surface area contributed by atoms with Crippen molar-refractivity contribution >= 4 is 11.8 Å². The van der Waals surface area contributed by atoms with Crippen molar-refractivity contribution in [1.29, 1.82) is 0 Å². The second-order valence-electron chi connectivity index (χ2n) is 4.96. The van der Waals surface area contributed by atoms with Gasteiger partial charge in [-0.25, -0.2) is 4.39 Å². The summed E-state index contributed by atoms with van der Waals surface area (Å²) in [6.45, 7) is 1.23. The summed E-state index contributed by atoms with van der Waals surface area (Å²) in [6, 6.07) is 10.3. The summed E-state index contributed by atoms with van der Waals surface area (Å²) >= 11 is 0. The van der Waals surface area contributed by atoms with Gasteiger partial charge in [0.15, 0.2) is 17.7 Å². The Labute approximate surface area is 131 Å². The summed E-state index contributed by atoms with van der Waals surface area (Å²) in [7, 11) is 0. The lowest BCUT2D eigenvalue weighted by atomic mass is 10.0. The van der Waals surface area contributed by atoms with E-state index in [1.54, 1.807) is 6.07 Å². The summed E-state index contributed by atoms with van der Waals surface area (Å²) in [4.78, 5) is 23.4. The van der Waals surface area contributed by atoms with Crippen molar-refractivity contribution < 1.29 is 28.2 Å². The predicted molar refractivity (Wildman–Crippen MR) is 78.4 cm³/mol. The summed E-state index contributed by atoms with van der Waals surface area (Å²) in [5.74, 6) is -0.734. The highest BCUT2D eigenvalue weighted by Crippen LogP contribution is 2.31. The quantitative estimate of drug-likeness (QED) is 0.643. The summed E-state index contributed by atoms with van der Waals surface area (Å²) in [6.07, 6.45) is -0.932. The molecule has 0 saturated carbocycles. The number of hydrogen-bond acceptors (Lipinski definition) is 5. The zero-order chi connectivity index (χ0) is 16.4. The van der Waals surface area contributed by atoms with Crippen molar-refractivity contribution in [2.24, 2.45) is 0 Å². The first kappa shape index (κ1) is 15.0. The second-order valence-corrected chi connectivity index (χ2v) is 4.96. The standard InChI is InChI=1S/C17H13FO5/c1-10(19)22-11-6-7-12-15(8-11)21-9-16(17(12)20)23-14-5-3-2-4-13(14)18/h2-8,16H,9H2,1H3. The van der Waals surface area contributed by atoms with Crippen LogP contribution in [0.25, 0.3) is 0 Å². The van der Waals surface area contributed by atoms with Gasteiger partial charge in [-0.2, -0.15) is 0 Å². The number of benzene rings is 2. The molecule has 3 rings (SSSR count).